The number of rotatable bonds is 2. The van der Waals surface area contributed by atoms with Crippen LogP contribution >= 0.6 is 15.9 Å². The molecule has 0 fully saturated rings. The molecule has 76 valence electrons. The van der Waals surface area contributed by atoms with Gasteiger partial charge in [0.2, 0.25) is 11.8 Å². The van der Waals surface area contributed by atoms with Crippen molar-refractivity contribution in [2.24, 2.45) is 0 Å². The van der Waals surface area contributed by atoms with E-state index in [2.05, 4.69) is 20.9 Å². The van der Waals surface area contributed by atoms with E-state index < -0.39 is 0 Å². The van der Waals surface area contributed by atoms with Crippen LogP contribution < -0.4 is 9.64 Å². The first-order valence-electron chi connectivity index (χ1n) is 4.00. The van der Waals surface area contributed by atoms with Gasteiger partial charge in [-0.05, 0) is 22.0 Å². The van der Waals surface area contributed by atoms with Gasteiger partial charge in [-0.3, -0.25) is 4.79 Å². The maximum Gasteiger partial charge on any atom is 0.237 e. The van der Waals surface area contributed by atoms with Crippen LogP contribution in [0.1, 0.15) is 6.92 Å². The molecule has 0 bridgehead atoms. The predicted octanol–water partition coefficient (Wildman–Crippen LogP) is 1.84. The molecule has 0 aliphatic heterocycles. The maximum absolute atomic E-state index is 11.2. The van der Waals surface area contributed by atoms with E-state index >= 15 is 0 Å². The highest BCUT2D eigenvalue weighted by Crippen LogP contribution is 2.27. The summed E-state index contributed by atoms with van der Waals surface area (Å²) in [5, 5.41) is 0. The van der Waals surface area contributed by atoms with Crippen LogP contribution in [0.25, 0.3) is 0 Å². The van der Waals surface area contributed by atoms with E-state index in [1.54, 1.807) is 19.3 Å². The molecule has 1 aromatic rings. The maximum atomic E-state index is 11.2. The van der Waals surface area contributed by atoms with Crippen molar-refractivity contribution >= 4 is 27.5 Å². The van der Waals surface area contributed by atoms with E-state index in [0.717, 1.165) is 4.47 Å². The number of hydrogen-bond acceptors (Lipinski definition) is 3. The third kappa shape index (κ3) is 2.23. The Morgan fingerprint density at radius 3 is 2.79 bits per heavy atom. The molecule has 1 aromatic heterocycles. The molecule has 14 heavy (non-hydrogen) atoms. The minimum Gasteiger partial charge on any atom is -0.480 e. The normalized spacial score (nSPS) is 9.71. The van der Waals surface area contributed by atoms with Crippen LogP contribution in [0.15, 0.2) is 16.7 Å². The highest BCUT2D eigenvalue weighted by atomic mass is 79.9. The highest BCUT2D eigenvalue weighted by Gasteiger charge is 2.12. The molecule has 5 heteroatoms. The molecule has 0 atom stereocenters. The largest absolute Gasteiger partial charge is 0.480 e. The van der Waals surface area contributed by atoms with Crippen LogP contribution in [0.2, 0.25) is 0 Å². The second kappa shape index (κ2) is 4.41. The molecule has 0 saturated heterocycles. The van der Waals surface area contributed by atoms with Gasteiger partial charge >= 0.3 is 0 Å². The van der Waals surface area contributed by atoms with Crippen LogP contribution in [-0.2, 0) is 4.79 Å². The minimum absolute atomic E-state index is 0.0665. The van der Waals surface area contributed by atoms with Gasteiger partial charge in [0.25, 0.3) is 0 Å². The number of pyridine rings is 1. The Labute approximate surface area is 91.0 Å². The zero-order chi connectivity index (χ0) is 10.7. The van der Waals surface area contributed by atoms with E-state index in [1.807, 2.05) is 0 Å². The Morgan fingerprint density at radius 2 is 2.29 bits per heavy atom. The van der Waals surface area contributed by atoms with E-state index in [0.29, 0.717) is 11.6 Å². The molecule has 0 unspecified atom stereocenters. The van der Waals surface area contributed by atoms with Crippen molar-refractivity contribution in [3.8, 4) is 5.88 Å². The van der Waals surface area contributed by atoms with Crippen LogP contribution in [0, 0.1) is 0 Å². The predicted molar refractivity (Wildman–Crippen MR) is 57.6 cm³/mol. The first-order chi connectivity index (χ1) is 6.56. The first kappa shape index (κ1) is 11.0. The molecule has 0 radical (unpaired) electrons. The molecule has 0 spiro atoms. The fourth-order valence-corrected chi connectivity index (χ4v) is 1.30. The van der Waals surface area contributed by atoms with Crippen molar-refractivity contribution in [1.29, 1.82) is 0 Å². The second-order valence-corrected chi connectivity index (χ2v) is 3.68. The smallest absolute Gasteiger partial charge is 0.237 e. The standard InChI is InChI=1S/C9H11BrN2O2/c1-6(13)12(2)8-4-7(10)5-11-9(8)14-3/h4-5H,1-3H3. The summed E-state index contributed by atoms with van der Waals surface area (Å²) < 4.78 is 5.85. The van der Waals surface area contributed by atoms with Crippen molar-refractivity contribution in [2.45, 2.75) is 6.92 Å². The van der Waals surface area contributed by atoms with E-state index in [9.17, 15) is 4.79 Å². The number of carbonyl (C=O) groups is 1. The van der Waals surface area contributed by atoms with E-state index in [1.165, 1.54) is 18.9 Å². The lowest BCUT2D eigenvalue weighted by atomic mass is 10.3. The van der Waals surface area contributed by atoms with Gasteiger partial charge < -0.3 is 9.64 Å². The summed E-state index contributed by atoms with van der Waals surface area (Å²) in [5.41, 5.74) is 0.648. The van der Waals surface area contributed by atoms with Gasteiger partial charge in [0.05, 0.1) is 7.11 Å². The topological polar surface area (TPSA) is 42.4 Å². The number of nitrogens with zero attached hydrogens (tertiary/aromatic N) is 2. The first-order valence-corrected chi connectivity index (χ1v) is 4.79. The van der Waals surface area contributed by atoms with Gasteiger partial charge in [0, 0.05) is 24.6 Å². The minimum atomic E-state index is -0.0665. The molecule has 0 aromatic carbocycles. The van der Waals surface area contributed by atoms with Gasteiger partial charge in [-0.2, -0.15) is 0 Å². The summed E-state index contributed by atoms with van der Waals surface area (Å²) in [7, 11) is 3.20. The Balaban J connectivity index is 3.16. The third-order valence-electron chi connectivity index (χ3n) is 1.83. The number of aromatic nitrogens is 1. The molecule has 0 aliphatic rings. The Morgan fingerprint density at radius 1 is 1.64 bits per heavy atom. The number of ether oxygens (including phenoxy) is 1. The third-order valence-corrected chi connectivity index (χ3v) is 2.26. The van der Waals surface area contributed by atoms with Gasteiger partial charge in [0.1, 0.15) is 5.69 Å². The number of anilines is 1. The van der Waals surface area contributed by atoms with Gasteiger partial charge in [0.15, 0.2) is 0 Å². The summed E-state index contributed by atoms with van der Waals surface area (Å²) >= 11 is 3.29. The number of carbonyl (C=O) groups excluding carboxylic acids is 1. The van der Waals surface area contributed by atoms with Crippen molar-refractivity contribution in [2.75, 3.05) is 19.1 Å². The molecule has 0 aliphatic carbocycles. The molecule has 1 amide bonds. The fraction of sp³-hybridized carbons (Fsp3) is 0.333. The summed E-state index contributed by atoms with van der Waals surface area (Å²) in [5.74, 6) is 0.370. The quantitative estimate of drug-likeness (QED) is 0.813. The van der Waals surface area contributed by atoms with Crippen molar-refractivity contribution < 1.29 is 9.53 Å². The van der Waals surface area contributed by atoms with Crippen molar-refractivity contribution in [3.63, 3.8) is 0 Å². The fourth-order valence-electron chi connectivity index (χ4n) is 0.983. The summed E-state index contributed by atoms with van der Waals surface area (Å²) in [4.78, 5) is 16.7. The van der Waals surface area contributed by atoms with E-state index in [4.69, 9.17) is 4.74 Å². The molecular weight excluding hydrogens is 248 g/mol. The second-order valence-electron chi connectivity index (χ2n) is 2.76. The Hall–Kier alpha value is -1.10. The number of amides is 1. The van der Waals surface area contributed by atoms with Gasteiger partial charge in [-0.15, -0.1) is 0 Å². The lowest BCUT2D eigenvalue weighted by molar-refractivity contribution is -0.116. The van der Waals surface area contributed by atoms with Crippen LogP contribution in [0.3, 0.4) is 0 Å². The van der Waals surface area contributed by atoms with Crippen molar-refractivity contribution in [3.05, 3.63) is 16.7 Å². The summed E-state index contributed by atoms with van der Waals surface area (Å²) in [6, 6.07) is 1.78. The zero-order valence-corrected chi connectivity index (χ0v) is 9.83. The van der Waals surface area contributed by atoms with Crippen LogP contribution in [0.4, 0.5) is 5.69 Å². The lowest BCUT2D eigenvalue weighted by Crippen LogP contribution is -2.23. The SMILES string of the molecule is COc1ncc(Br)cc1N(C)C(C)=O. The Kier molecular flexibility index (Phi) is 3.46. The molecule has 1 rings (SSSR count). The number of halogens is 1. The van der Waals surface area contributed by atoms with Crippen molar-refractivity contribution in [1.82, 2.24) is 4.98 Å². The average molecular weight is 259 g/mol. The highest BCUT2D eigenvalue weighted by molar-refractivity contribution is 9.10. The lowest BCUT2D eigenvalue weighted by Gasteiger charge is -2.17. The summed E-state index contributed by atoms with van der Waals surface area (Å²) in [6.07, 6.45) is 1.62. The number of hydrogen-bond donors (Lipinski definition) is 0. The zero-order valence-electron chi connectivity index (χ0n) is 8.24. The number of methoxy groups -OCH3 is 1. The van der Waals surface area contributed by atoms with Crippen LogP contribution in [-0.4, -0.2) is 25.0 Å². The molecular formula is C9H11BrN2O2. The Bertz CT molecular complexity index is 355. The summed E-state index contributed by atoms with van der Waals surface area (Å²) in [6.45, 7) is 1.49. The average Bonchev–Trinajstić information content (AvgIpc) is 2.16. The van der Waals surface area contributed by atoms with E-state index in [-0.39, 0.29) is 5.91 Å². The molecule has 0 N–H and O–H groups in total. The molecule has 4 nitrogen and oxygen atoms in total. The molecule has 0 saturated carbocycles. The van der Waals surface area contributed by atoms with Gasteiger partial charge in [-0.25, -0.2) is 4.98 Å². The molecule has 1 heterocycles. The van der Waals surface area contributed by atoms with Gasteiger partial charge in [-0.1, -0.05) is 0 Å². The van der Waals surface area contributed by atoms with Crippen LogP contribution in [0.5, 0.6) is 5.88 Å². The monoisotopic (exact) mass is 258 g/mol.